The molecule has 5 rings (SSSR count). The van der Waals surface area contributed by atoms with Crippen LogP contribution in [0.2, 0.25) is 0 Å². The van der Waals surface area contributed by atoms with E-state index in [-0.39, 0.29) is 5.16 Å². The Kier molecular flexibility index (Phi) is 5.43. The third-order valence-corrected chi connectivity index (χ3v) is 6.62. The first-order chi connectivity index (χ1) is 15.9. The maximum Gasteiger partial charge on any atom is 0.256 e. The van der Waals surface area contributed by atoms with Gasteiger partial charge in [-0.2, -0.15) is 5.10 Å². The Morgan fingerprint density at radius 1 is 1.03 bits per heavy atom. The van der Waals surface area contributed by atoms with Crippen LogP contribution in [0.15, 0.2) is 76.8 Å². The molecule has 0 fully saturated rings. The van der Waals surface area contributed by atoms with Gasteiger partial charge in [-0.05, 0) is 12.1 Å². The van der Waals surface area contributed by atoms with Crippen LogP contribution >= 0.6 is 0 Å². The SMILES string of the molecule is CS(=O)(=O)c1nc2c(c(=O)[nH]1)CN(Cc1cn(-c3ccccc3)nc1-c1ccccc1)CC2. The van der Waals surface area contributed by atoms with Crippen molar-refractivity contribution in [3.05, 3.63) is 94.0 Å². The molecule has 0 bridgehead atoms. The molecule has 3 heterocycles. The van der Waals surface area contributed by atoms with Crippen LogP contribution in [-0.2, 0) is 29.3 Å². The lowest BCUT2D eigenvalue weighted by atomic mass is 10.0. The quantitative estimate of drug-likeness (QED) is 0.459. The maximum absolute atomic E-state index is 12.6. The minimum Gasteiger partial charge on any atom is -0.297 e. The first-order valence-corrected chi connectivity index (χ1v) is 12.5. The van der Waals surface area contributed by atoms with Crippen molar-refractivity contribution in [3.63, 3.8) is 0 Å². The summed E-state index contributed by atoms with van der Waals surface area (Å²) in [6, 6.07) is 20.0. The summed E-state index contributed by atoms with van der Waals surface area (Å²) in [5.41, 5.74) is 4.61. The molecule has 1 aliphatic heterocycles. The molecule has 8 nitrogen and oxygen atoms in total. The maximum atomic E-state index is 12.6. The van der Waals surface area contributed by atoms with Gasteiger partial charge in [0.2, 0.25) is 15.0 Å². The van der Waals surface area contributed by atoms with Crippen molar-refractivity contribution >= 4 is 9.84 Å². The van der Waals surface area contributed by atoms with Crippen molar-refractivity contribution in [1.29, 1.82) is 0 Å². The lowest BCUT2D eigenvalue weighted by Crippen LogP contribution is -2.36. The topological polar surface area (TPSA) is 101 Å². The normalized spacial score (nSPS) is 14.2. The summed E-state index contributed by atoms with van der Waals surface area (Å²) in [4.78, 5) is 21.4. The number of aromatic amines is 1. The van der Waals surface area contributed by atoms with Crippen molar-refractivity contribution in [2.45, 2.75) is 24.7 Å². The Morgan fingerprint density at radius 2 is 1.73 bits per heavy atom. The van der Waals surface area contributed by atoms with Crippen LogP contribution in [0, 0.1) is 0 Å². The number of nitrogens with one attached hydrogen (secondary N) is 1. The van der Waals surface area contributed by atoms with E-state index in [0.29, 0.717) is 37.3 Å². The van der Waals surface area contributed by atoms with Gasteiger partial charge in [-0.3, -0.25) is 14.7 Å². The van der Waals surface area contributed by atoms with Gasteiger partial charge in [-0.1, -0.05) is 48.5 Å². The van der Waals surface area contributed by atoms with E-state index >= 15 is 0 Å². The second-order valence-electron chi connectivity index (χ2n) is 8.18. The van der Waals surface area contributed by atoms with Crippen molar-refractivity contribution in [3.8, 4) is 16.9 Å². The van der Waals surface area contributed by atoms with E-state index in [0.717, 1.165) is 28.8 Å². The Morgan fingerprint density at radius 3 is 2.42 bits per heavy atom. The summed E-state index contributed by atoms with van der Waals surface area (Å²) in [6.07, 6.45) is 3.58. The molecule has 2 aromatic heterocycles. The average molecular weight is 462 g/mol. The molecule has 0 radical (unpaired) electrons. The van der Waals surface area contributed by atoms with Crippen LogP contribution in [0.5, 0.6) is 0 Å². The highest BCUT2D eigenvalue weighted by Crippen LogP contribution is 2.26. The van der Waals surface area contributed by atoms with Gasteiger partial charge >= 0.3 is 0 Å². The summed E-state index contributed by atoms with van der Waals surface area (Å²) in [5.74, 6) is 0. The summed E-state index contributed by atoms with van der Waals surface area (Å²) in [5, 5.41) is 4.59. The number of fused-ring (bicyclic) bond motifs is 1. The molecule has 1 N–H and O–H groups in total. The van der Waals surface area contributed by atoms with Gasteiger partial charge in [0.25, 0.3) is 5.56 Å². The van der Waals surface area contributed by atoms with Crippen LogP contribution in [0.25, 0.3) is 16.9 Å². The number of hydrogen-bond donors (Lipinski definition) is 1. The van der Waals surface area contributed by atoms with E-state index in [1.54, 1.807) is 0 Å². The number of benzene rings is 2. The van der Waals surface area contributed by atoms with E-state index in [1.165, 1.54) is 0 Å². The second kappa shape index (κ2) is 8.42. The molecule has 33 heavy (non-hydrogen) atoms. The van der Waals surface area contributed by atoms with E-state index in [4.69, 9.17) is 5.10 Å². The molecular formula is C24H23N5O3S. The predicted molar refractivity (Wildman–Crippen MR) is 125 cm³/mol. The first-order valence-electron chi connectivity index (χ1n) is 10.6. The van der Waals surface area contributed by atoms with Crippen LogP contribution in [0.1, 0.15) is 16.8 Å². The van der Waals surface area contributed by atoms with Gasteiger partial charge in [-0.25, -0.2) is 18.1 Å². The lowest BCUT2D eigenvalue weighted by Gasteiger charge is -2.27. The van der Waals surface area contributed by atoms with Crippen molar-refractivity contribution in [1.82, 2.24) is 24.6 Å². The summed E-state index contributed by atoms with van der Waals surface area (Å²) in [7, 11) is -3.57. The molecule has 1 aliphatic rings. The van der Waals surface area contributed by atoms with Crippen molar-refractivity contribution in [2.75, 3.05) is 12.8 Å². The summed E-state index contributed by atoms with van der Waals surface area (Å²) >= 11 is 0. The van der Waals surface area contributed by atoms with Crippen LogP contribution in [-0.4, -0.2) is 45.9 Å². The Balaban J connectivity index is 1.48. The predicted octanol–water partition coefficient (Wildman–Crippen LogP) is 2.58. The molecule has 0 unspecified atom stereocenters. The van der Waals surface area contributed by atoms with Crippen LogP contribution < -0.4 is 5.56 Å². The van der Waals surface area contributed by atoms with Gasteiger partial charge in [0.15, 0.2) is 0 Å². The van der Waals surface area contributed by atoms with Crippen LogP contribution in [0.3, 0.4) is 0 Å². The number of nitrogens with zero attached hydrogens (tertiary/aromatic N) is 4. The highest BCUT2D eigenvalue weighted by molar-refractivity contribution is 7.90. The summed E-state index contributed by atoms with van der Waals surface area (Å²) in [6.45, 7) is 1.66. The van der Waals surface area contributed by atoms with Gasteiger partial charge in [0.05, 0.1) is 22.6 Å². The molecule has 0 atom stereocenters. The molecule has 9 heteroatoms. The fourth-order valence-electron chi connectivity index (χ4n) is 4.09. The van der Waals surface area contributed by atoms with E-state index in [2.05, 4.69) is 14.9 Å². The molecule has 2 aromatic carbocycles. The Labute approximate surface area is 191 Å². The largest absolute Gasteiger partial charge is 0.297 e. The summed E-state index contributed by atoms with van der Waals surface area (Å²) < 4.78 is 25.5. The zero-order valence-electron chi connectivity index (χ0n) is 18.1. The molecular weight excluding hydrogens is 438 g/mol. The molecule has 0 aliphatic carbocycles. The zero-order valence-corrected chi connectivity index (χ0v) is 18.9. The molecule has 4 aromatic rings. The number of H-pyrrole nitrogens is 1. The number of hydrogen-bond acceptors (Lipinski definition) is 6. The smallest absolute Gasteiger partial charge is 0.256 e. The Bertz CT molecular complexity index is 1460. The van der Waals surface area contributed by atoms with E-state index in [9.17, 15) is 13.2 Å². The minimum absolute atomic E-state index is 0.268. The number of sulfone groups is 1. The fraction of sp³-hybridized carbons (Fsp3) is 0.208. The lowest BCUT2D eigenvalue weighted by molar-refractivity contribution is 0.241. The number of rotatable bonds is 5. The van der Waals surface area contributed by atoms with E-state index in [1.807, 2.05) is 71.5 Å². The fourth-order valence-corrected chi connectivity index (χ4v) is 4.64. The average Bonchev–Trinajstić information content (AvgIpc) is 3.24. The highest BCUT2D eigenvalue weighted by atomic mass is 32.2. The van der Waals surface area contributed by atoms with Gasteiger partial charge in [0, 0.05) is 49.6 Å². The molecule has 0 amide bonds. The van der Waals surface area contributed by atoms with Crippen LogP contribution in [0.4, 0.5) is 0 Å². The second-order valence-corrected chi connectivity index (χ2v) is 10.1. The molecule has 0 saturated heterocycles. The van der Waals surface area contributed by atoms with Gasteiger partial charge in [0.1, 0.15) is 0 Å². The van der Waals surface area contributed by atoms with Gasteiger partial charge in [-0.15, -0.1) is 0 Å². The van der Waals surface area contributed by atoms with Crippen molar-refractivity contribution in [2.24, 2.45) is 0 Å². The monoisotopic (exact) mass is 461 g/mol. The third-order valence-electron chi connectivity index (χ3n) is 5.73. The number of aromatic nitrogens is 4. The Hall–Kier alpha value is -3.56. The molecule has 168 valence electrons. The van der Waals surface area contributed by atoms with Gasteiger partial charge < -0.3 is 0 Å². The first kappa shape index (κ1) is 21.3. The van der Waals surface area contributed by atoms with E-state index < -0.39 is 15.4 Å². The highest BCUT2D eigenvalue weighted by Gasteiger charge is 2.25. The minimum atomic E-state index is -3.57. The number of para-hydroxylation sites is 1. The van der Waals surface area contributed by atoms with Crippen molar-refractivity contribution < 1.29 is 8.42 Å². The zero-order chi connectivity index (χ0) is 23.0. The standard InChI is InChI=1S/C24H23N5O3S/c1-33(31,32)24-25-21-12-13-28(16-20(21)23(30)26-24)14-18-15-29(19-10-6-3-7-11-19)27-22(18)17-8-4-2-5-9-17/h2-11,15H,12-14,16H2,1H3,(H,25,26,30). The molecule has 0 saturated carbocycles. The molecule has 0 spiro atoms. The third kappa shape index (κ3) is 4.37.